The van der Waals surface area contributed by atoms with E-state index in [2.05, 4.69) is 5.32 Å². The van der Waals surface area contributed by atoms with E-state index in [9.17, 15) is 22.8 Å². The summed E-state index contributed by atoms with van der Waals surface area (Å²) in [5.74, 6) is -2.02. The summed E-state index contributed by atoms with van der Waals surface area (Å²) >= 11 is 0. The van der Waals surface area contributed by atoms with Crippen LogP contribution in [-0.4, -0.2) is 18.9 Å². The summed E-state index contributed by atoms with van der Waals surface area (Å²) in [6, 6.07) is 10.7. The highest BCUT2D eigenvalue weighted by Gasteiger charge is 2.34. The lowest BCUT2D eigenvalue weighted by Crippen LogP contribution is -2.30. The van der Waals surface area contributed by atoms with Crippen molar-refractivity contribution < 1.29 is 27.5 Å². The number of para-hydroxylation sites is 3. The first kappa shape index (κ1) is 17.3. The molecular weight excluding hydrogens is 325 g/mol. The van der Waals surface area contributed by atoms with Crippen LogP contribution < -0.4 is 15.4 Å². The van der Waals surface area contributed by atoms with Gasteiger partial charge in [0.2, 0.25) is 0 Å². The number of benzene rings is 2. The molecule has 0 saturated carbocycles. The second kappa shape index (κ2) is 7.03. The van der Waals surface area contributed by atoms with Gasteiger partial charge in [-0.25, -0.2) is 0 Å². The van der Waals surface area contributed by atoms with Crippen molar-refractivity contribution in [2.45, 2.75) is 6.18 Å². The fraction of sp³-hybridized carbons (Fsp3) is 0.125. The number of hydrogen-bond acceptors (Lipinski definition) is 3. The topological polar surface area (TPSA) is 67.4 Å². The Morgan fingerprint density at radius 2 is 1.38 bits per heavy atom. The Balaban J connectivity index is 2.15. The predicted octanol–water partition coefficient (Wildman–Crippen LogP) is 3.29. The van der Waals surface area contributed by atoms with Crippen LogP contribution in [0.25, 0.3) is 0 Å². The van der Waals surface area contributed by atoms with Gasteiger partial charge in [0, 0.05) is 0 Å². The normalized spacial score (nSPS) is 10.8. The van der Waals surface area contributed by atoms with Gasteiger partial charge in [-0.3, -0.25) is 9.59 Å². The standard InChI is InChI=1S/C16H13F3N2O3/c1-24-13-9-5-4-8-12(13)21-15(23)14(22)20-11-7-3-2-6-10(11)16(17,18)19/h2-9H,1H3,(H,20,22)(H,21,23). The van der Waals surface area contributed by atoms with Crippen LogP contribution in [0.2, 0.25) is 0 Å². The average Bonchev–Trinajstić information content (AvgIpc) is 2.54. The summed E-state index contributed by atoms with van der Waals surface area (Å²) in [5.41, 5.74) is -1.31. The Kier molecular flexibility index (Phi) is 5.08. The first-order valence-electron chi connectivity index (χ1n) is 6.74. The van der Waals surface area contributed by atoms with Crippen molar-refractivity contribution in [3.8, 4) is 5.75 Å². The molecule has 0 heterocycles. The van der Waals surface area contributed by atoms with Crippen molar-refractivity contribution in [1.29, 1.82) is 0 Å². The van der Waals surface area contributed by atoms with Crippen LogP contribution in [0.4, 0.5) is 24.5 Å². The molecule has 5 nitrogen and oxygen atoms in total. The Morgan fingerprint density at radius 3 is 1.96 bits per heavy atom. The molecule has 0 unspecified atom stereocenters. The molecule has 0 aliphatic carbocycles. The first-order chi connectivity index (χ1) is 11.3. The number of alkyl halides is 3. The van der Waals surface area contributed by atoms with E-state index in [1.807, 2.05) is 5.32 Å². The number of anilines is 2. The largest absolute Gasteiger partial charge is 0.495 e. The minimum atomic E-state index is -4.65. The molecule has 0 bridgehead atoms. The van der Waals surface area contributed by atoms with Gasteiger partial charge in [-0.05, 0) is 24.3 Å². The second-order valence-electron chi connectivity index (χ2n) is 4.65. The number of methoxy groups -OCH3 is 1. The van der Waals surface area contributed by atoms with E-state index in [-0.39, 0.29) is 5.69 Å². The summed E-state index contributed by atoms with van der Waals surface area (Å²) in [7, 11) is 1.38. The Labute approximate surface area is 135 Å². The average molecular weight is 338 g/mol. The van der Waals surface area contributed by atoms with E-state index < -0.39 is 29.2 Å². The summed E-state index contributed by atoms with van der Waals surface area (Å²) in [6.07, 6.45) is -4.65. The van der Waals surface area contributed by atoms with E-state index >= 15 is 0 Å². The quantitative estimate of drug-likeness (QED) is 0.844. The van der Waals surface area contributed by atoms with Gasteiger partial charge in [-0.1, -0.05) is 24.3 Å². The molecule has 126 valence electrons. The van der Waals surface area contributed by atoms with Gasteiger partial charge in [-0.15, -0.1) is 0 Å². The zero-order chi connectivity index (χ0) is 17.7. The molecule has 0 spiro atoms. The summed E-state index contributed by atoms with van der Waals surface area (Å²) in [4.78, 5) is 23.8. The Bertz CT molecular complexity index is 760. The molecule has 8 heteroatoms. The van der Waals surface area contributed by atoms with Crippen LogP contribution in [0.1, 0.15) is 5.56 Å². The smallest absolute Gasteiger partial charge is 0.418 e. The lowest BCUT2D eigenvalue weighted by Gasteiger charge is -2.14. The van der Waals surface area contributed by atoms with Crippen molar-refractivity contribution in [3.63, 3.8) is 0 Å². The van der Waals surface area contributed by atoms with E-state index in [4.69, 9.17) is 4.74 Å². The number of halogens is 3. The highest BCUT2D eigenvalue weighted by atomic mass is 19.4. The van der Waals surface area contributed by atoms with E-state index in [0.717, 1.165) is 12.1 Å². The molecule has 24 heavy (non-hydrogen) atoms. The number of carbonyl (C=O) groups is 2. The fourth-order valence-electron chi connectivity index (χ4n) is 1.95. The fourth-order valence-corrected chi connectivity index (χ4v) is 1.95. The molecular formula is C16H13F3N2O3. The zero-order valence-electron chi connectivity index (χ0n) is 12.5. The van der Waals surface area contributed by atoms with Gasteiger partial charge in [-0.2, -0.15) is 13.2 Å². The molecule has 0 atom stereocenters. The SMILES string of the molecule is COc1ccccc1NC(=O)C(=O)Nc1ccccc1C(F)(F)F. The monoisotopic (exact) mass is 338 g/mol. The number of hydrogen-bond donors (Lipinski definition) is 2. The molecule has 0 aliphatic heterocycles. The van der Waals surface area contributed by atoms with Crippen molar-refractivity contribution in [1.82, 2.24) is 0 Å². The zero-order valence-corrected chi connectivity index (χ0v) is 12.5. The summed E-state index contributed by atoms with van der Waals surface area (Å²) in [5, 5.41) is 4.25. The van der Waals surface area contributed by atoms with Crippen molar-refractivity contribution in [2.24, 2.45) is 0 Å². The van der Waals surface area contributed by atoms with Crippen LogP contribution in [0.15, 0.2) is 48.5 Å². The van der Waals surface area contributed by atoms with E-state index in [1.54, 1.807) is 18.2 Å². The van der Waals surface area contributed by atoms with Crippen LogP contribution in [0.3, 0.4) is 0 Å². The third-order valence-corrected chi connectivity index (χ3v) is 3.04. The van der Waals surface area contributed by atoms with Gasteiger partial charge in [0.1, 0.15) is 5.75 Å². The Morgan fingerprint density at radius 1 is 0.875 bits per heavy atom. The molecule has 2 N–H and O–H groups in total. The number of rotatable bonds is 3. The molecule has 0 saturated heterocycles. The first-order valence-corrected chi connectivity index (χ1v) is 6.74. The molecule has 2 aromatic carbocycles. The molecule has 0 radical (unpaired) electrons. The minimum absolute atomic E-state index is 0.226. The van der Waals surface area contributed by atoms with Gasteiger partial charge < -0.3 is 15.4 Å². The lowest BCUT2D eigenvalue weighted by molar-refractivity contribution is -0.137. The van der Waals surface area contributed by atoms with Crippen molar-refractivity contribution >= 4 is 23.2 Å². The molecule has 2 amide bonds. The molecule has 2 rings (SSSR count). The third-order valence-electron chi connectivity index (χ3n) is 3.04. The molecule has 2 aromatic rings. The second-order valence-corrected chi connectivity index (χ2v) is 4.65. The highest BCUT2D eigenvalue weighted by molar-refractivity contribution is 6.43. The highest BCUT2D eigenvalue weighted by Crippen LogP contribution is 2.34. The third kappa shape index (κ3) is 4.03. The van der Waals surface area contributed by atoms with Crippen LogP contribution in [-0.2, 0) is 15.8 Å². The van der Waals surface area contributed by atoms with Crippen LogP contribution in [0.5, 0.6) is 5.75 Å². The maximum Gasteiger partial charge on any atom is 0.418 e. The Hall–Kier alpha value is -3.03. The van der Waals surface area contributed by atoms with Crippen LogP contribution >= 0.6 is 0 Å². The molecule has 0 aromatic heterocycles. The van der Waals surface area contributed by atoms with Crippen molar-refractivity contribution in [3.05, 3.63) is 54.1 Å². The summed E-state index contributed by atoms with van der Waals surface area (Å²) < 4.78 is 43.6. The predicted molar refractivity (Wildman–Crippen MR) is 81.7 cm³/mol. The number of nitrogens with one attached hydrogen (secondary N) is 2. The van der Waals surface area contributed by atoms with E-state index in [1.165, 1.54) is 25.3 Å². The van der Waals surface area contributed by atoms with Crippen molar-refractivity contribution in [2.75, 3.05) is 17.7 Å². The van der Waals surface area contributed by atoms with Gasteiger partial charge >= 0.3 is 18.0 Å². The van der Waals surface area contributed by atoms with E-state index in [0.29, 0.717) is 5.75 Å². The summed E-state index contributed by atoms with van der Waals surface area (Å²) in [6.45, 7) is 0. The van der Waals surface area contributed by atoms with Crippen LogP contribution in [0, 0.1) is 0 Å². The number of carbonyl (C=O) groups excluding carboxylic acids is 2. The minimum Gasteiger partial charge on any atom is -0.495 e. The maximum atomic E-state index is 12.9. The maximum absolute atomic E-state index is 12.9. The number of ether oxygens (including phenoxy) is 1. The lowest BCUT2D eigenvalue weighted by atomic mass is 10.1. The number of amides is 2. The molecule has 0 aliphatic rings. The van der Waals surface area contributed by atoms with Gasteiger partial charge in [0.05, 0.1) is 24.0 Å². The van der Waals surface area contributed by atoms with Gasteiger partial charge in [0.25, 0.3) is 0 Å². The molecule has 0 fully saturated rings. The van der Waals surface area contributed by atoms with Gasteiger partial charge in [0.15, 0.2) is 0 Å².